The number of aliphatic imine (C=N–C) groups is 1. The summed E-state index contributed by atoms with van der Waals surface area (Å²) < 4.78 is 13.4. The molecular weight excluding hydrogens is 351 g/mol. The zero-order chi connectivity index (χ0) is 17.8. The SMILES string of the molecule is O=C1Cc2cc3c(cc2CN1Cc1ccc(F)c(Cl)c1)C(C1CC1)=NC3. The van der Waals surface area contributed by atoms with Crippen molar-refractivity contribution in [3.05, 3.63) is 69.0 Å². The monoisotopic (exact) mass is 368 g/mol. The fourth-order valence-electron chi connectivity index (χ4n) is 3.95. The van der Waals surface area contributed by atoms with Crippen LogP contribution in [0.15, 0.2) is 35.3 Å². The molecule has 3 nitrogen and oxygen atoms in total. The molecule has 1 aliphatic carbocycles. The van der Waals surface area contributed by atoms with Gasteiger partial charge in [-0.2, -0.15) is 0 Å². The van der Waals surface area contributed by atoms with E-state index in [0.717, 1.165) is 17.7 Å². The Morgan fingerprint density at radius 3 is 2.77 bits per heavy atom. The van der Waals surface area contributed by atoms with Gasteiger partial charge < -0.3 is 4.90 Å². The molecule has 0 aromatic heterocycles. The van der Waals surface area contributed by atoms with Gasteiger partial charge in [0.15, 0.2) is 0 Å². The number of carbonyl (C=O) groups excluding carboxylic acids is 1. The first-order chi connectivity index (χ1) is 12.6. The summed E-state index contributed by atoms with van der Waals surface area (Å²) in [5.41, 5.74) is 6.97. The number of carbonyl (C=O) groups is 1. The lowest BCUT2D eigenvalue weighted by atomic mass is 9.91. The molecule has 1 fully saturated rings. The van der Waals surface area contributed by atoms with E-state index in [1.165, 1.54) is 41.3 Å². The number of nitrogens with zero attached hydrogens (tertiary/aromatic N) is 2. The maximum Gasteiger partial charge on any atom is 0.227 e. The lowest BCUT2D eigenvalue weighted by molar-refractivity contribution is -0.132. The third-order valence-electron chi connectivity index (χ3n) is 5.50. The van der Waals surface area contributed by atoms with E-state index >= 15 is 0 Å². The number of rotatable bonds is 3. The first-order valence-electron chi connectivity index (χ1n) is 8.99. The summed E-state index contributed by atoms with van der Waals surface area (Å²) >= 11 is 5.87. The van der Waals surface area contributed by atoms with Gasteiger partial charge in [-0.25, -0.2) is 4.39 Å². The van der Waals surface area contributed by atoms with E-state index in [-0.39, 0.29) is 10.9 Å². The van der Waals surface area contributed by atoms with Crippen LogP contribution in [0.4, 0.5) is 4.39 Å². The summed E-state index contributed by atoms with van der Waals surface area (Å²) in [4.78, 5) is 19.1. The number of fused-ring (bicyclic) bond motifs is 2. The quantitative estimate of drug-likeness (QED) is 0.796. The molecule has 2 aromatic carbocycles. The zero-order valence-corrected chi connectivity index (χ0v) is 15.0. The Hall–Kier alpha value is -2.20. The van der Waals surface area contributed by atoms with Crippen molar-refractivity contribution >= 4 is 23.2 Å². The molecule has 0 radical (unpaired) electrons. The van der Waals surface area contributed by atoms with E-state index in [1.54, 1.807) is 12.1 Å². The molecular formula is C21H18ClFN2O. The van der Waals surface area contributed by atoms with Gasteiger partial charge in [-0.3, -0.25) is 9.79 Å². The smallest absolute Gasteiger partial charge is 0.227 e. The molecule has 1 amide bonds. The highest BCUT2D eigenvalue weighted by molar-refractivity contribution is 6.30. The van der Waals surface area contributed by atoms with Crippen molar-refractivity contribution in [2.24, 2.45) is 10.9 Å². The molecule has 0 N–H and O–H groups in total. The van der Waals surface area contributed by atoms with Crippen LogP contribution in [0, 0.1) is 11.7 Å². The second-order valence-corrected chi connectivity index (χ2v) is 7.84. The summed E-state index contributed by atoms with van der Waals surface area (Å²) in [6.45, 7) is 1.77. The maximum absolute atomic E-state index is 13.4. The molecule has 2 aliphatic heterocycles. The minimum Gasteiger partial charge on any atom is -0.334 e. The van der Waals surface area contributed by atoms with Gasteiger partial charge >= 0.3 is 0 Å². The van der Waals surface area contributed by atoms with E-state index < -0.39 is 5.82 Å². The summed E-state index contributed by atoms with van der Waals surface area (Å²) in [5.74, 6) is 0.296. The molecule has 0 atom stereocenters. The Labute approximate surface area is 156 Å². The first-order valence-corrected chi connectivity index (χ1v) is 9.37. The summed E-state index contributed by atoms with van der Waals surface area (Å²) in [7, 11) is 0. The van der Waals surface area contributed by atoms with E-state index in [9.17, 15) is 9.18 Å². The van der Waals surface area contributed by atoms with Crippen molar-refractivity contribution in [1.29, 1.82) is 0 Å². The van der Waals surface area contributed by atoms with Gasteiger partial charge in [-0.05, 0) is 53.3 Å². The molecule has 26 heavy (non-hydrogen) atoms. The normalized spacial score (nSPS) is 18.6. The molecule has 0 saturated heterocycles. The Balaban J connectivity index is 1.42. The van der Waals surface area contributed by atoms with Gasteiger partial charge in [0.1, 0.15) is 5.82 Å². The zero-order valence-electron chi connectivity index (χ0n) is 14.3. The van der Waals surface area contributed by atoms with Crippen molar-refractivity contribution in [2.75, 3.05) is 0 Å². The van der Waals surface area contributed by atoms with Crippen LogP contribution in [-0.4, -0.2) is 16.5 Å². The van der Waals surface area contributed by atoms with E-state index in [4.69, 9.17) is 16.6 Å². The highest BCUT2D eigenvalue weighted by atomic mass is 35.5. The molecule has 0 spiro atoms. The lowest BCUT2D eigenvalue weighted by Gasteiger charge is -2.29. The van der Waals surface area contributed by atoms with Crippen molar-refractivity contribution < 1.29 is 9.18 Å². The topological polar surface area (TPSA) is 32.7 Å². The van der Waals surface area contributed by atoms with Gasteiger partial charge in [-0.15, -0.1) is 0 Å². The lowest BCUT2D eigenvalue weighted by Crippen LogP contribution is -2.35. The standard InChI is InChI=1S/C21H18ClFN2O/c22-18-5-12(1-4-19(18)23)10-25-11-16-7-17-15(6-14(16)8-20(25)26)9-24-21(17)13-2-3-13/h1,4-7,13H,2-3,8-11H2. The van der Waals surface area contributed by atoms with Gasteiger partial charge in [0, 0.05) is 30.3 Å². The van der Waals surface area contributed by atoms with Crippen LogP contribution in [0.25, 0.3) is 0 Å². The third-order valence-corrected chi connectivity index (χ3v) is 5.79. The van der Waals surface area contributed by atoms with Crippen LogP contribution in [0.5, 0.6) is 0 Å². The summed E-state index contributed by atoms with van der Waals surface area (Å²) in [6, 6.07) is 9.05. The van der Waals surface area contributed by atoms with Crippen LogP contribution >= 0.6 is 11.6 Å². The van der Waals surface area contributed by atoms with Crippen LogP contribution in [0.3, 0.4) is 0 Å². The fourth-order valence-corrected chi connectivity index (χ4v) is 4.16. The number of hydrogen-bond donors (Lipinski definition) is 0. The number of halogens is 2. The highest BCUT2D eigenvalue weighted by Gasteiger charge is 2.33. The molecule has 1 saturated carbocycles. The van der Waals surface area contributed by atoms with Crippen molar-refractivity contribution in [3.8, 4) is 0 Å². The van der Waals surface area contributed by atoms with Gasteiger partial charge in [-0.1, -0.05) is 23.7 Å². The number of benzene rings is 2. The third kappa shape index (κ3) is 2.73. The number of amides is 1. The average Bonchev–Trinajstić information content (AvgIpc) is 3.38. The van der Waals surface area contributed by atoms with Gasteiger partial charge in [0.05, 0.1) is 18.0 Å². The van der Waals surface area contributed by atoms with Crippen LogP contribution in [-0.2, 0) is 30.8 Å². The number of hydrogen-bond acceptors (Lipinski definition) is 2. The van der Waals surface area contributed by atoms with E-state index in [1.807, 2.05) is 4.90 Å². The molecule has 132 valence electrons. The molecule has 5 rings (SSSR count). The van der Waals surface area contributed by atoms with Gasteiger partial charge in [0.2, 0.25) is 5.91 Å². The minimum absolute atomic E-state index is 0.0930. The summed E-state index contributed by atoms with van der Waals surface area (Å²) in [5, 5.41) is 0.0930. The Morgan fingerprint density at radius 2 is 2.00 bits per heavy atom. The van der Waals surface area contributed by atoms with Crippen molar-refractivity contribution in [2.45, 2.75) is 38.9 Å². The summed E-state index contributed by atoms with van der Waals surface area (Å²) in [6.07, 6.45) is 2.90. The van der Waals surface area contributed by atoms with Crippen LogP contribution < -0.4 is 0 Å². The fraction of sp³-hybridized carbons (Fsp3) is 0.333. The average molecular weight is 369 g/mol. The van der Waals surface area contributed by atoms with E-state index in [2.05, 4.69) is 12.1 Å². The van der Waals surface area contributed by atoms with Gasteiger partial charge in [0.25, 0.3) is 0 Å². The Morgan fingerprint density at radius 1 is 1.15 bits per heavy atom. The molecule has 0 unspecified atom stereocenters. The van der Waals surface area contributed by atoms with Crippen LogP contribution in [0.1, 0.15) is 40.7 Å². The highest BCUT2D eigenvalue weighted by Crippen LogP contribution is 2.38. The molecule has 5 heteroatoms. The predicted molar refractivity (Wildman–Crippen MR) is 98.8 cm³/mol. The maximum atomic E-state index is 13.4. The van der Waals surface area contributed by atoms with E-state index in [0.29, 0.717) is 25.4 Å². The van der Waals surface area contributed by atoms with Crippen LogP contribution in [0.2, 0.25) is 5.02 Å². The molecule has 2 aromatic rings. The minimum atomic E-state index is -0.437. The predicted octanol–water partition coefficient (Wildman–Crippen LogP) is 4.28. The molecule has 2 heterocycles. The largest absolute Gasteiger partial charge is 0.334 e. The first kappa shape index (κ1) is 16.0. The van der Waals surface area contributed by atoms with Crippen molar-refractivity contribution in [3.63, 3.8) is 0 Å². The Kier molecular flexibility index (Phi) is 3.64. The second kappa shape index (κ2) is 5.92. The second-order valence-electron chi connectivity index (χ2n) is 7.43. The van der Waals surface area contributed by atoms with Crippen molar-refractivity contribution in [1.82, 2.24) is 4.90 Å². The molecule has 3 aliphatic rings. The Bertz CT molecular complexity index is 965. The molecule has 0 bridgehead atoms.